The number of aromatic nitrogens is 1. The van der Waals surface area contributed by atoms with Gasteiger partial charge < -0.3 is 4.42 Å². The van der Waals surface area contributed by atoms with Crippen molar-refractivity contribution < 1.29 is 4.42 Å². The minimum atomic E-state index is 0.136. The van der Waals surface area contributed by atoms with Crippen LogP contribution in [-0.2, 0) is 5.41 Å². The molecule has 0 spiro atoms. The quantitative estimate of drug-likeness (QED) is 0.304. The molecule has 0 aliphatic rings. The molecule has 0 atom stereocenters. The first-order chi connectivity index (χ1) is 15.0. The first kappa shape index (κ1) is 19.3. The average Bonchev–Trinajstić information content (AvgIpc) is 3.23. The first-order valence-corrected chi connectivity index (χ1v) is 10.6. The van der Waals surface area contributed by atoms with Crippen LogP contribution >= 0.6 is 0 Å². The lowest BCUT2D eigenvalue weighted by molar-refractivity contribution is 0.590. The van der Waals surface area contributed by atoms with Gasteiger partial charge in [-0.15, -0.1) is 0 Å². The summed E-state index contributed by atoms with van der Waals surface area (Å²) in [4.78, 5) is 4.89. The van der Waals surface area contributed by atoms with Crippen LogP contribution in [0.4, 0.5) is 0 Å². The van der Waals surface area contributed by atoms with Crippen LogP contribution in [0.2, 0.25) is 0 Å². The lowest BCUT2D eigenvalue weighted by atomic mass is 9.86. The number of benzene rings is 3. The maximum atomic E-state index is 6.10. The van der Waals surface area contributed by atoms with Crippen molar-refractivity contribution in [3.63, 3.8) is 0 Å². The van der Waals surface area contributed by atoms with Crippen LogP contribution < -0.4 is 0 Å². The summed E-state index contributed by atoms with van der Waals surface area (Å²) >= 11 is 0. The van der Waals surface area contributed by atoms with Crippen molar-refractivity contribution in [3.8, 4) is 33.7 Å². The summed E-state index contributed by atoms with van der Waals surface area (Å²) in [7, 11) is 0. The van der Waals surface area contributed by atoms with E-state index in [0.717, 1.165) is 33.7 Å². The lowest BCUT2D eigenvalue weighted by Crippen LogP contribution is -2.10. The maximum Gasteiger partial charge on any atom is 0.153 e. The molecule has 0 radical (unpaired) electrons. The predicted octanol–water partition coefficient (Wildman–Crippen LogP) is 8.13. The van der Waals surface area contributed by atoms with E-state index in [4.69, 9.17) is 9.40 Å². The molecule has 31 heavy (non-hydrogen) atoms. The van der Waals surface area contributed by atoms with Crippen molar-refractivity contribution >= 4 is 11.1 Å². The van der Waals surface area contributed by atoms with Crippen LogP contribution in [0, 0.1) is 0 Å². The number of hydrogen-bond donors (Lipinski definition) is 0. The minimum absolute atomic E-state index is 0.136. The van der Waals surface area contributed by atoms with Gasteiger partial charge in [0.05, 0.1) is 5.69 Å². The number of furan rings is 1. The molecule has 0 fully saturated rings. The van der Waals surface area contributed by atoms with Gasteiger partial charge >= 0.3 is 0 Å². The standard InChI is InChI=1S/C29H25NO/c1-29(2,3)24-14-12-21(13-15-24)28-19-26-27(31-28)17-16-25(30-26)23-11-7-10-22(18-23)20-8-5-4-6-9-20/h4-19H,1-3H3. The Morgan fingerprint density at radius 2 is 1.32 bits per heavy atom. The highest BCUT2D eigenvalue weighted by molar-refractivity contribution is 5.82. The third kappa shape index (κ3) is 3.89. The summed E-state index contributed by atoms with van der Waals surface area (Å²) in [5.74, 6) is 0.846. The molecule has 0 unspecified atom stereocenters. The van der Waals surface area contributed by atoms with E-state index in [9.17, 15) is 0 Å². The van der Waals surface area contributed by atoms with Gasteiger partial charge in [-0.2, -0.15) is 0 Å². The highest BCUT2D eigenvalue weighted by atomic mass is 16.3. The number of nitrogens with zero attached hydrogens (tertiary/aromatic N) is 1. The Hall–Kier alpha value is -3.65. The van der Waals surface area contributed by atoms with Gasteiger partial charge in [0.15, 0.2) is 5.58 Å². The first-order valence-electron chi connectivity index (χ1n) is 10.6. The van der Waals surface area contributed by atoms with Crippen LogP contribution in [0.3, 0.4) is 0 Å². The zero-order valence-electron chi connectivity index (χ0n) is 18.1. The molecular weight excluding hydrogens is 378 g/mol. The maximum absolute atomic E-state index is 6.10. The lowest BCUT2D eigenvalue weighted by Gasteiger charge is -2.18. The molecule has 152 valence electrons. The Bertz CT molecular complexity index is 1340. The average molecular weight is 404 g/mol. The van der Waals surface area contributed by atoms with Crippen LogP contribution in [0.5, 0.6) is 0 Å². The van der Waals surface area contributed by atoms with Crippen LogP contribution in [-0.4, -0.2) is 4.98 Å². The molecule has 2 aromatic heterocycles. The fourth-order valence-corrected chi connectivity index (χ4v) is 3.85. The molecule has 2 heterocycles. The van der Waals surface area contributed by atoms with E-state index in [1.807, 2.05) is 24.3 Å². The topological polar surface area (TPSA) is 26.0 Å². The van der Waals surface area contributed by atoms with E-state index >= 15 is 0 Å². The smallest absolute Gasteiger partial charge is 0.153 e. The van der Waals surface area contributed by atoms with E-state index in [0.29, 0.717) is 0 Å². The van der Waals surface area contributed by atoms with Gasteiger partial charge in [0, 0.05) is 17.2 Å². The fourth-order valence-electron chi connectivity index (χ4n) is 3.85. The van der Waals surface area contributed by atoms with Crippen molar-refractivity contribution in [2.45, 2.75) is 26.2 Å². The molecule has 0 saturated carbocycles. The van der Waals surface area contributed by atoms with Gasteiger partial charge in [-0.3, -0.25) is 0 Å². The second-order valence-corrected chi connectivity index (χ2v) is 8.96. The summed E-state index contributed by atoms with van der Waals surface area (Å²) in [5, 5.41) is 0. The Morgan fingerprint density at radius 1 is 0.613 bits per heavy atom. The number of rotatable bonds is 3. The molecule has 0 bridgehead atoms. The SMILES string of the molecule is CC(C)(C)c1ccc(-c2cc3nc(-c4cccc(-c5ccccc5)c4)ccc3o2)cc1. The fraction of sp³-hybridized carbons (Fsp3) is 0.138. The summed E-state index contributed by atoms with van der Waals surface area (Å²) in [6.07, 6.45) is 0. The Balaban J connectivity index is 1.49. The molecule has 0 aliphatic heterocycles. The molecule has 5 aromatic rings. The predicted molar refractivity (Wildman–Crippen MR) is 129 cm³/mol. The molecule has 0 saturated heterocycles. The van der Waals surface area contributed by atoms with E-state index in [2.05, 4.69) is 93.6 Å². The zero-order chi connectivity index (χ0) is 21.4. The minimum Gasteiger partial charge on any atom is -0.454 e. The van der Waals surface area contributed by atoms with Crippen molar-refractivity contribution in [3.05, 3.63) is 103 Å². The highest BCUT2D eigenvalue weighted by Gasteiger charge is 2.14. The van der Waals surface area contributed by atoms with Gasteiger partial charge in [0.2, 0.25) is 0 Å². The molecule has 0 amide bonds. The van der Waals surface area contributed by atoms with Crippen molar-refractivity contribution in [1.82, 2.24) is 4.98 Å². The van der Waals surface area contributed by atoms with E-state index in [1.165, 1.54) is 16.7 Å². The van der Waals surface area contributed by atoms with Crippen LogP contribution in [0.1, 0.15) is 26.3 Å². The molecule has 5 rings (SSSR count). The normalized spacial score (nSPS) is 11.7. The number of fused-ring (bicyclic) bond motifs is 1. The molecule has 2 nitrogen and oxygen atoms in total. The van der Waals surface area contributed by atoms with Gasteiger partial charge in [-0.05, 0) is 40.3 Å². The molecular formula is C29H25NO. The highest BCUT2D eigenvalue weighted by Crippen LogP contribution is 2.32. The molecule has 0 N–H and O–H groups in total. The monoisotopic (exact) mass is 403 g/mol. The van der Waals surface area contributed by atoms with Crippen molar-refractivity contribution in [1.29, 1.82) is 0 Å². The van der Waals surface area contributed by atoms with Crippen LogP contribution in [0.25, 0.3) is 44.8 Å². The zero-order valence-corrected chi connectivity index (χ0v) is 18.1. The van der Waals surface area contributed by atoms with E-state index in [-0.39, 0.29) is 5.41 Å². The van der Waals surface area contributed by atoms with Gasteiger partial charge in [0.25, 0.3) is 0 Å². The van der Waals surface area contributed by atoms with Gasteiger partial charge in [-0.1, -0.05) is 93.6 Å². The summed E-state index contributed by atoms with van der Waals surface area (Å²) in [6.45, 7) is 6.67. The molecule has 2 heteroatoms. The molecule has 3 aromatic carbocycles. The van der Waals surface area contributed by atoms with E-state index < -0.39 is 0 Å². The van der Waals surface area contributed by atoms with Gasteiger partial charge in [0.1, 0.15) is 11.3 Å². The Kier molecular flexibility index (Phi) is 4.71. The Labute approximate surface area is 183 Å². The largest absolute Gasteiger partial charge is 0.454 e. The number of pyridine rings is 1. The van der Waals surface area contributed by atoms with E-state index in [1.54, 1.807) is 0 Å². The summed E-state index contributed by atoms with van der Waals surface area (Å²) in [5.41, 5.74) is 8.62. The van der Waals surface area contributed by atoms with Gasteiger partial charge in [-0.25, -0.2) is 4.98 Å². The number of hydrogen-bond acceptors (Lipinski definition) is 2. The molecule has 0 aliphatic carbocycles. The van der Waals surface area contributed by atoms with Crippen molar-refractivity contribution in [2.75, 3.05) is 0 Å². The second-order valence-electron chi connectivity index (χ2n) is 8.96. The third-order valence-electron chi connectivity index (χ3n) is 5.67. The summed E-state index contributed by atoms with van der Waals surface area (Å²) in [6, 6.07) is 33.6. The summed E-state index contributed by atoms with van der Waals surface area (Å²) < 4.78 is 6.10. The van der Waals surface area contributed by atoms with Crippen molar-refractivity contribution in [2.24, 2.45) is 0 Å². The third-order valence-corrected chi connectivity index (χ3v) is 5.67. The Morgan fingerprint density at radius 3 is 2.06 bits per heavy atom. The second kappa shape index (κ2) is 7.55. The van der Waals surface area contributed by atoms with Crippen LogP contribution in [0.15, 0.2) is 101 Å².